The molecule has 2 N–H and O–H groups in total. The van der Waals surface area contributed by atoms with Crippen molar-refractivity contribution in [1.82, 2.24) is 14.9 Å². The first-order valence-electron chi connectivity index (χ1n) is 11.0. The second-order valence-electron chi connectivity index (χ2n) is 8.22. The van der Waals surface area contributed by atoms with E-state index in [1.165, 1.54) is 24.0 Å². The molecule has 0 aliphatic carbocycles. The predicted octanol–water partition coefficient (Wildman–Crippen LogP) is 2.97. The Balaban J connectivity index is 1.59. The molecule has 4 rings (SSSR count). The molecule has 0 amide bonds. The number of ether oxygens (including phenoxy) is 1. The van der Waals surface area contributed by atoms with Crippen molar-refractivity contribution in [1.29, 1.82) is 0 Å². The molecule has 1 aromatic carbocycles. The second kappa shape index (κ2) is 9.43. The van der Waals surface area contributed by atoms with Gasteiger partial charge in [0.2, 0.25) is 0 Å². The number of aromatic nitrogens is 2. The van der Waals surface area contributed by atoms with Gasteiger partial charge in [0.15, 0.2) is 5.78 Å². The highest BCUT2D eigenvalue weighted by molar-refractivity contribution is 5.91. The number of fused-ring (bicyclic) bond motifs is 1. The summed E-state index contributed by atoms with van der Waals surface area (Å²) in [5, 5.41) is 0. The summed E-state index contributed by atoms with van der Waals surface area (Å²) in [6, 6.07) is 8.78. The van der Waals surface area contributed by atoms with Crippen molar-refractivity contribution in [2.45, 2.75) is 52.1 Å². The quantitative estimate of drug-likeness (QED) is 0.671. The number of carbonyl (C=O) groups excluding carboxylic acids is 1. The third-order valence-corrected chi connectivity index (χ3v) is 5.84. The molecule has 1 fully saturated rings. The third kappa shape index (κ3) is 4.73. The highest BCUT2D eigenvalue weighted by Crippen LogP contribution is 2.31. The molecule has 7 nitrogen and oxygen atoms in total. The van der Waals surface area contributed by atoms with Gasteiger partial charge in [0.05, 0.1) is 13.2 Å². The van der Waals surface area contributed by atoms with Crippen LogP contribution in [0, 0.1) is 0 Å². The zero-order chi connectivity index (χ0) is 20.9. The van der Waals surface area contributed by atoms with E-state index < -0.39 is 0 Å². The van der Waals surface area contributed by atoms with Crippen LogP contribution in [-0.2, 0) is 24.3 Å². The van der Waals surface area contributed by atoms with Crippen molar-refractivity contribution in [2.75, 3.05) is 36.9 Å². The van der Waals surface area contributed by atoms with Crippen LogP contribution in [0.4, 0.5) is 11.6 Å². The van der Waals surface area contributed by atoms with Crippen LogP contribution < -0.4 is 15.4 Å². The molecule has 2 aromatic rings. The van der Waals surface area contributed by atoms with Gasteiger partial charge in [-0.25, -0.2) is 0 Å². The van der Waals surface area contributed by atoms with E-state index in [0.29, 0.717) is 37.1 Å². The summed E-state index contributed by atoms with van der Waals surface area (Å²) in [5.41, 5.74) is 9.42. The zero-order valence-electron chi connectivity index (χ0n) is 17.8. The number of carbonyl (C=O) groups is 1. The minimum absolute atomic E-state index is 0.134. The monoisotopic (exact) mass is 409 g/mol. The number of nitrogens with zero attached hydrogens (tertiary/aromatic N) is 4. The Labute approximate surface area is 178 Å². The number of ketones is 1. The zero-order valence-corrected chi connectivity index (χ0v) is 17.8. The topological polar surface area (TPSA) is 84.6 Å². The van der Waals surface area contributed by atoms with E-state index in [-0.39, 0.29) is 12.2 Å². The highest BCUT2D eigenvalue weighted by Gasteiger charge is 2.28. The fourth-order valence-electron chi connectivity index (χ4n) is 4.20. The molecule has 1 aromatic heterocycles. The predicted molar refractivity (Wildman–Crippen MR) is 118 cm³/mol. The molecular formula is C23H31N5O2. The summed E-state index contributed by atoms with van der Waals surface area (Å²) in [4.78, 5) is 25.9. The molecule has 0 unspecified atom stereocenters. The fourth-order valence-corrected chi connectivity index (χ4v) is 4.20. The van der Waals surface area contributed by atoms with E-state index in [0.717, 1.165) is 38.3 Å². The van der Waals surface area contributed by atoms with Gasteiger partial charge in [-0.05, 0) is 43.5 Å². The molecule has 0 spiro atoms. The molecule has 1 saturated heterocycles. The van der Waals surface area contributed by atoms with Crippen LogP contribution in [0.15, 0.2) is 24.3 Å². The van der Waals surface area contributed by atoms with Crippen LogP contribution >= 0.6 is 0 Å². The first kappa shape index (κ1) is 20.6. The van der Waals surface area contributed by atoms with Crippen LogP contribution in [0.25, 0.3) is 0 Å². The number of benzene rings is 1. The van der Waals surface area contributed by atoms with Gasteiger partial charge >= 0.3 is 6.01 Å². The van der Waals surface area contributed by atoms with E-state index in [4.69, 9.17) is 10.5 Å². The van der Waals surface area contributed by atoms with Crippen molar-refractivity contribution in [3.05, 3.63) is 41.0 Å². The van der Waals surface area contributed by atoms with Crippen LogP contribution in [0.3, 0.4) is 0 Å². The smallest absolute Gasteiger partial charge is 0.320 e. The van der Waals surface area contributed by atoms with Crippen LogP contribution in [-0.4, -0.2) is 46.9 Å². The number of nitrogens with two attached hydrogens (primary N) is 1. The molecule has 0 saturated carbocycles. The van der Waals surface area contributed by atoms with Crippen molar-refractivity contribution >= 4 is 17.4 Å². The van der Waals surface area contributed by atoms with Crippen LogP contribution in [0.1, 0.15) is 49.3 Å². The summed E-state index contributed by atoms with van der Waals surface area (Å²) < 4.78 is 5.71. The van der Waals surface area contributed by atoms with Gasteiger partial charge < -0.3 is 15.4 Å². The van der Waals surface area contributed by atoms with Crippen LogP contribution in [0.5, 0.6) is 6.01 Å². The average molecular weight is 410 g/mol. The minimum Gasteiger partial charge on any atom is -0.463 e. The van der Waals surface area contributed by atoms with Gasteiger partial charge in [-0.1, -0.05) is 37.6 Å². The summed E-state index contributed by atoms with van der Waals surface area (Å²) in [7, 11) is 0. The van der Waals surface area contributed by atoms with Gasteiger partial charge in [-0.15, -0.1) is 0 Å². The van der Waals surface area contributed by atoms with Gasteiger partial charge in [-0.3, -0.25) is 9.69 Å². The van der Waals surface area contributed by atoms with Gasteiger partial charge in [0.25, 0.3) is 0 Å². The lowest BCUT2D eigenvalue weighted by Gasteiger charge is -2.31. The molecule has 0 radical (unpaired) electrons. The Kier molecular flexibility index (Phi) is 6.47. The number of likely N-dealkylation sites (tertiary alicyclic amines) is 1. The van der Waals surface area contributed by atoms with Gasteiger partial charge in [-0.2, -0.15) is 9.97 Å². The number of Topliss-reactive ketones (excluding diaryl/α,β-unsaturated/α-hetero) is 1. The Bertz CT molecular complexity index is 895. The molecule has 0 atom stereocenters. The summed E-state index contributed by atoms with van der Waals surface area (Å²) in [6.45, 7) is 6.87. The van der Waals surface area contributed by atoms with E-state index in [1.54, 1.807) is 0 Å². The maximum absolute atomic E-state index is 12.4. The molecule has 0 bridgehead atoms. The number of rotatable bonds is 8. The fraction of sp³-hybridized carbons (Fsp3) is 0.522. The number of hydrogen-bond donors (Lipinski definition) is 1. The average Bonchev–Trinajstić information content (AvgIpc) is 3.24. The number of anilines is 2. The molecule has 2 aliphatic heterocycles. The van der Waals surface area contributed by atoms with Gasteiger partial charge in [0.1, 0.15) is 11.6 Å². The first-order valence-corrected chi connectivity index (χ1v) is 11.0. The molecule has 160 valence electrons. The van der Waals surface area contributed by atoms with Crippen molar-refractivity contribution in [3.8, 4) is 6.01 Å². The van der Waals surface area contributed by atoms with Crippen LogP contribution in [0.2, 0.25) is 0 Å². The highest BCUT2D eigenvalue weighted by atomic mass is 16.5. The molecule has 7 heteroatoms. The van der Waals surface area contributed by atoms with E-state index in [2.05, 4.69) is 46.1 Å². The third-order valence-electron chi connectivity index (χ3n) is 5.84. The lowest BCUT2D eigenvalue weighted by molar-refractivity contribution is -0.117. The second-order valence-corrected chi connectivity index (χ2v) is 8.22. The number of nitrogen functional groups attached to an aromatic ring is 1. The largest absolute Gasteiger partial charge is 0.463 e. The van der Waals surface area contributed by atoms with Gasteiger partial charge in [0, 0.05) is 25.1 Å². The molecule has 2 aliphatic rings. The number of hydrogen-bond acceptors (Lipinski definition) is 7. The molecular weight excluding hydrogens is 378 g/mol. The molecule has 30 heavy (non-hydrogen) atoms. The standard InChI is InChI=1S/C23H31N5O2/c1-2-3-12-30-23-25-21(24)20-13-19(29)16-28(22(20)26-23)15-18-9-5-4-8-17(18)14-27-10-6-7-11-27/h4-5,8-9H,2-3,6-7,10-16H2,1H3,(H2,24,25,26). The Morgan fingerprint density at radius 3 is 2.57 bits per heavy atom. The lowest BCUT2D eigenvalue weighted by Crippen LogP contribution is -2.37. The normalized spacial score (nSPS) is 16.7. The summed E-state index contributed by atoms with van der Waals surface area (Å²) in [5.74, 6) is 1.20. The maximum atomic E-state index is 12.4. The Hall–Kier alpha value is -2.67. The van der Waals surface area contributed by atoms with Crippen molar-refractivity contribution < 1.29 is 9.53 Å². The van der Waals surface area contributed by atoms with Crippen molar-refractivity contribution in [2.24, 2.45) is 0 Å². The summed E-state index contributed by atoms with van der Waals surface area (Å²) >= 11 is 0. The minimum atomic E-state index is 0.134. The van der Waals surface area contributed by atoms with E-state index in [9.17, 15) is 4.79 Å². The lowest BCUT2D eigenvalue weighted by atomic mass is 10.0. The Morgan fingerprint density at radius 2 is 1.83 bits per heavy atom. The Morgan fingerprint density at radius 1 is 1.10 bits per heavy atom. The SMILES string of the molecule is CCCCOc1nc(N)c2c(n1)N(Cc1ccccc1CN1CCCC1)CC(=O)C2. The van der Waals surface area contributed by atoms with Crippen molar-refractivity contribution in [3.63, 3.8) is 0 Å². The molecule has 3 heterocycles. The van der Waals surface area contributed by atoms with E-state index in [1.807, 2.05) is 4.90 Å². The first-order chi connectivity index (χ1) is 14.6. The maximum Gasteiger partial charge on any atom is 0.320 e. The summed E-state index contributed by atoms with van der Waals surface area (Å²) in [6.07, 6.45) is 4.80. The van der Waals surface area contributed by atoms with E-state index >= 15 is 0 Å². The number of unbranched alkanes of at least 4 members (excludes halogenated alkanes) is 1.